The Morgan fingerprint density at radius 1 is 1.23 bits per heavy atom. The Labute approximate surface area is 180 Å². The molecule has 2 aromatic carbocycles. The summed E-state index contributed by atoms with van der Waals surface area (Å²) in [6.07, 6.45) is -0.119. The number of nitrogens with zero attached hydrogens (tertiary/aromatic N) is 1. The monoisotopic (exact) mass is 431 g/mol. The molecule has 0 saturated carbocycles. The van der Waals surface area contributed by atoms with Gasteiger partial charge in [0.1, 0.15) is 23.4 Å². The first kappa shape index (κ1) is 22.4. The number of ether oxygens (including phenoxy) is 2. The summed E-state index contributed by atoms with van der Waals surface area (Å²) in [7, 11) is 2.89. The maximum atomic E-state index is 13.9. The number of hydrogen-bond donors (Lipinski definition) is 2. The lowest BCUT2D eigenvalue weighted by Crippen LogP contribution is -2.41. The van der Waals surface area contributed by atoms with Crippen molar-refractivity contribution in [2.75, 3.05) is 27.3 Å². The fraction of sp³-hybridized carbons (Fsp3) is 0.391. The Hall–Kier alpha value is -3.29. The zero-order valence-corrected chi connectivity index (χ0v) is 17.5. The van der Waals surface area contributed by atoms with Crippen molar-refractivity contribution in [3.63, 3.8) is 0 Å². The highest BCUT2D eigenvalue weighted by molar-refractivity contribution is 5.88. The molecule has 2 atom stereocenters. The topological polar surface area (TPSA) is 96.3 Å². The second-order valence-electron chi connectivity index (χ2n) is 7.53. The summed E-state index contributed by atoms with van der Waals surface area (Å²) < 4.78 is 24.5. The summed E-state index contributed by atoms with van der Waals surface area (Å²) in [6.45, 7) is 0.499. The molecule has 8 heteroatoms. The van der Waals surface area contributed by atoms with Gasteiger partial charge in [-0.05, 0) is 30.5 Å². The molecule has 1 aliphatic rings. The molecular weight excluding hydrogens is 405 g/mol. The standard InChI is InChI=1S/C23H26FNO6/c1-30-17-10-19(26)22(20(11-17)31-2)18(14-5-3-6-15(9-14)23(28)29)12-21(27)25-8-4-7-16(24)13-25/h3,5-6,9-11,16,18,26H,4,7-8,12-13H2,1-2H3,(H,28,29). The third-order valence-electron chi connectivity index (χ3n) is 5.53. The molecule has 7 nitrogen and oxygen atoms in total. The van der Waals surface area contributed by atoms with E-state index >= 15 is 0 Å². The minimum absolute atomic E-state index is 0.0342. The number of aromatic carboxylic acids is 1. The van der Waals surface area contributed by atoms with Crippen LogP contribution in [0.25, 0.3) is 0 Å². The number of carboxylic acid groups (broad SMARTS) is 1. The van der Waals surface area contributed by atoms with Gasteiger partial charge in [0.15, 0.2) is 0 Å². The molecule has 0 aliphatic carbocycles. The lowest BCUT2D eigenvalue weighted by molar-refractivity contribution is -0.133. The molecule has 3 rings (SSSR count). The van der Waals surface area contributed by atoms with Gasteiger partial charge in [-0.3, -0.25) is 4.79 Å². The first-order valence-corrected chi connectivity index (χ1v) is 10.0. The van der Waals surface area contributed by atoms with Gasteiger partial charge in [0, 0.05) is 36.6 Å². The fourth-order valence-corrected chi connectivity index (χ4v) is 3.95. The molecule has 2 unspecified atom stereocenters. The van der Waals surface area contributed by atoms with E-state index < -0.39 is 18.1 Å². The van der Waals surface area contributed by atoms with E-state index in [1.54, 1.807) is 18.2 Å². The van der Waals surface area contributed by atoms with Gasteiger partial charge in [-0.1, -0.05) is 12.1 Å². The minimum atomic E-state index is -1.10. The lowest BCUT2D eigenvalue weighted by atomic mass is 9.85. The molecule has 1 saturated heterocycles. The molecule has 0 spiro atoms. The first-order valence-electron chi connectivity index (χ1n) is 10.0. The average Bonchev–Trinajstić information content (AvgIpc) is 2.77. The summed E-state index contributed by atoms with van der Waals surface area (Å²) in [6, 6.07) is 9.20. The minimum Gasteiger partial charge on any atom is -0.507 e. The normalized spacial score (nSPS) is 17.1. The van der Waals surface area contributed by atoms with Gasteiger partial charge in [-0.25, -0.2) is 9.18 Å². The van der Waals surface area contributed by atoms with Crippen LogP contribution in [-0.2, 0) is 4.79 Å². The van der Waals surface area contributed by atoms with Gasteiger partial charge in [-0.15, -0.1) is 0 Å². The van der Waals surface area contributed by atoms with Gasteiger partial charge >= 0.3 is 5.97 Å². The highest BCUT2D eigenvalue weighted by Gasteiger charge is 2.30. The maximum Gasteiger partial charge on any atom is 0.335 e. The van der Waals surface area contributed by atoms with Crippen molar-refractivity contribution in [1.82, 2.24) is 4.90 Å². The van der Waals surface area contributed by atoms with Gasteiger partial charge in [0.25, 0.3) is 0 Å². The van der Waals surface area contributed by atoms with Crippen molar-refractivity contribution in [1.29, 1.82) is 0 Å². The molecule has 166 valence electrons. The highest BCUT2D eigenvalue weighted by Crippen LogP contribution is 2.43. The second-order valence-corrected chi connectivity index (χ2v) is 7.53. The van der Waals surface area contributed by atoms with Crippen LogP contribution < -0.4 is 9.47 Å². The summed E-state index contributed by atoms with van der Waals surface area (Å²) in [5.74, 6) is -1.54. The third kappa shape index (κ3) is 5.07. The number of carbonyl (C=O) groups is 2. The number of carbonyl (C=O) groups excluding carboxylic acids is 1. The Balaban J connectivity index is 2.06. The summed E-state index contributed by atoms with van der Waals surface area (Å²) >= 11 is 0. The van der Waals surface area contributed by atoms with Gasteiger partial charge in [-0.2, -0.15) is 0 Å². The molecule has 2 aromatic rings. The zero-order valence-electron chi connectivity index (χ0n) is 17.5. The predicted molar refractivity (Wildman–Crippen MR) is 112 cm³/mol. The van der Waals surface area contributed by atoms with Crippen LogP contribution in [0.1, 0.15) is 46.7 Å². The van der Waals surface area contributed by atoms with E-state index in [2.05, 4.69) is 0 Å². The zero-order chi connectivity index (χ0) is 22.5. The first-order chi connectivity index (χ1) is 14.8. The lowest BCUT2D eigenvalue weighted by Gasteiger charge is -2.31. The largest absolute Gasteiger partial charge is 0.507 e. The van der Waals surface area contributed by atoms with Crippen LogP contribution in [0.15, 0.2) is 36.4 Å². The van der Waals surface area contributed by atoms with Crippen LogP contribution in [0.3, 0.4) is 0 Å². The molecule has 0 bridgehead atoms. The van der Waals surface area contributed by atoms with Crippen molar-refractivity contribution < 1.29 is 33.7 Å². The predicted octanol–water partition coefficient (Wildman–Crippen LogP) is 3.59. The van der Waals surface area contributed by atoms with Crippen molar-refractivity contribution in [2.45, 2.75) is 31.4 Å². The van der Waals surface area contributed by atoms with Crippen molar-refractivity contribution in [3.8, 4) is 17.2 Å². The van der Waals surface area contributed by atoms with Crippen molar-refractivity contribution in [2.24, 2.45) is 0 Å². The number of phenolic OH excluding ortho intramolecular Hbond substituents is 1. The number of amides is 1. The molecular formula is C23H26FNO6. The Morgan fingerprint density at radius 2 is 2.00 bits per heavy atom. The Bertz CT molecular complexity index is 963. The molecule has 31 heavy (non-hydrogen) atoms. The van der Waals surface area contributed by atoms with E-state index in [0.717, 1.165) is 0 Å². The number of rotatable bonds is 7. The van der Waals surface area contributed by atoms with E-state index in [0.29, 0.717) is 42.0 Å². The van der Waals surface area contributed by atoms with Crippen molar-refractivity contribution >= 4 is 11.9 Å². The second kappa shape index (κ2) is 9.68. The van der Waals surface area contributed by atoms with Crippen LogP contribution in [0.4, 0.5) is 4.39 Å². The van der Waals surface area contributed by atoms with Crippen molar-refractivity contribution in [3.05, 3.63) is 53.1 Å². The van der Waals surface area contributed by atoms with Gasteiger partial charge in [0.2, 0.25) is 5.91 Å². The summed E-state index contributed by atoms with van der Waals surface area (Å²) in [5.41, 5.74) is 0.928. The molecule has 0 aromatic heterocycles. The highest BCUT2D eigenvalue weighted by atomic mass is 19.1. The van der Waals surface area contributed by atoms with Crippen LogP contribution >= 0.6 is 0 Å². The quantitative estimate of drug-likeness (QED) is 0.696. The molecule has 1 aliphatic heterocycles. The Kier molecular flexibility index (Phi) is 6.99. The number of halogens is 1. The van der Waals surface area contributed by atoms with Gasteiger partial charge in [0.05, 0.1) is 26.3 Å². The molecule has 1 fully saturated rings. The molecule has 2 N–H and O–H groups in total. The van der Waals surface area contributed by atoms with Crippen LogP contribution in [-0.4, -0.2) is 60.5 Å². The van der Waals surface area contributed by atoms with Crippen LogP contribution in [0, 0.1) is 0 Å². The van der Waals surface area contributed by atoms with E-state index in [1.165, 1.54) is 37.3 Å². The van der Waals surface area contributed by atoms with E-state index in [9.17, 15) is 24.2 Å². The van der Waals surface area contributed by atoms with Crippen LogP contribution in [0.2, 0.25) is 0 Å². The number of likely N-dealkylation sites (tertiary alicyclic amines) is 1. The van der Waals surface area contributed by atoms with Crippen LogP contribution in [0.5, 0.6) is 17.2 Å². The fourth-order valence-electron chi connectivity index (χ4n) is 3.95. The Morgan fingerprint density at radius 3 is 2.65 bits per heavy atom. The van der Waals surface area contributed by atoms with E-state index in [1.807, 2.05) is 0 Å². The number of methoxy groups -OCH3 is 2. The number of benzene rings is 2. The van der Waals surface area contributed by atoms with Gasteiger partial charge < -0.3 is 24.6 Å². The number of alkyl halides is 1. The molecule has 1 heterocycles. The SMILES string of the molecule is COc1cc(O)c(C(CC(=O)N2CCCC(F)C2)c2cccc(C(=O)O)c2)c(OC)c1. The maximum absolute atomic E-state index is 13.9. The number of piperidine rings is 1. The average molecular weight is 431 g/mol. The number of carboxylic acids is 1. The summed E-state index contributed by atoms with van der Waals surface area (Å²) in [5, 5.41) is 20.1. The van der Waals surface area contributed by atoms with E-state index in [4.69, 9.17) is 9.47 Å². The van der Waals surface area contributed by atoms with E-state index in [-0.39, 0.29) is 30.2 Å². The number of phenols is 1. The summed E-state index contributed by atoms with van der Waals surface area (Å²) in [4.78, 5) is 26.0. The molecule has 1 amide bonds. The third-order valence-corrected chi connectivity index (χ3v) is 5.53. The number of aromatic hydroxyl groups is 1. The number of hydrogen-bond acceptors (Lipinski definition) is 5. The molecule has 0 radical (unpaired) electrons. The smallest absolute Gasteiger partial charge is 0.335 e.